The summed E-state index contributed by atoms with van der Waals surface area (Å²) in [5.41, 5.74) is 2.47. The van der Waals surface area contributed by atoms with E-state index in [4.69, 9.17) is 11.6 Å². The lowest BCUT2D eigenvalue weighted by molar-refractivity contribution is -0.673. The Kier molecular flexibility index (Phi) is 2.42. The van der Waals surface area contributed by atoms with Crippen LogP contribution in [0.2, 0.25) is 5.02 Å². The van der Waals surface area contributed by atoms with Crippen LogP contribution >= 0.6 is 11.6 Å². The number of fused-ring (bicyclic) bond motifs is 1. The fourth-order valence-corrected chi connectivity index (χ4v) is 1.97. The Balaban J connectivity index is 2.84. The van der Waals surface area contributed by atoms with Gasteiger partial charge in [-0.1, -0.05) is 11.6 Å². The number of hydrogen-bond donors (Lipinski definition) is 0. The Hall–Kier alpha value is -1.08. The molecule has 1 aromatic heterocycles. The third kappa shape index (κ3) is 1.48. The van der Waals surface area contributed by atoms with Gasteiger partial charge in [0, 0.05) is 29.5 Å². The fourth-order valence-electron chi connectivity index (χ4n) is 1.80. The molecule has 0 radical (unpaired) electrons. The Morgan fingerprint density at radius 2 is 1.93 bits per heavy atom. The molecule has 0 fully saturated rings. The van der Waals surface area contributed by atoms with Crippen LogP contribution in [0.4, 0.5) is 0 Å². The summed E-state index contributed by atoms with van der Waals surface area (Å²) in [6, 6.07) is 10.3. The zero-order chi connectivity index (χ0) is 10.1. The highest BCUT2D eigenvalue weighted by molar-refractivity contribution is 6.31. The van der Waals surface area contributed by atoms with E-state index in [1.54, 1.807) is 0 Å². The van der Waals surface area contributed by atoms with Crippen LogP contribution in [-0.2, 0) is 6.54 Å². The van der Waals surface area contributed by atoms with Crippen LogP contribution in [0.1, 0.15) is 12.6 Å². The number of hydrogen-bond acceptors (Lipinski definition) is 0. The van der Waals surface area contributed by atoms with E-state index in [1.165, 1.54) is 16.6 Å². The van der Waals surface area contributed by atoms with Gasteiger partial charge in [-0.2, -0.15) is 4.57 Å². The van der Waals surface area contributed by atoms with Crippen LogP contribution < -0.4 is 4.57 Å². The maximum absolute atomic E-state index is 5.99. The van der Waals surface area contributed by atoms with Crippen molar-refractivity contribution in [1.29, 1.82) is 0 Å². The van der Waals surface area contributed by atoms with E-state index < -0.39 is 0 Å². The van der Waals surface area contributed by atoms with Crippen molar-refractivity contribution in [3.63, 3.8) is 0 Å². The Morgan fingerprint density at radius 1 is 1.21 bits per heavy atom. The minimum Gasteiger partial charge on any atom is -0.196 e. The minimum atomic E-state index is 0.797. The van der Waals surface area contributed by atoms with E-state index in [0.717, 1.165) is 11.6 Å². The average molecular weight is 207 g/mol. The molecule has 1 nitrogen and oxygen atoms in total. The molecule has 0 spiro atoms. The van der Waals surface area contributed by atoms with Crippen molar-refractivity contribution in [2.24, 2.45) is 0 Å². The van der Waals surface area contributed by atoms with E-state index in [9.17, 15) is 0 Å². The Morgan fingerprint density at radius 3 is 2.64 bits per heavy atom. The van der Waals surface area contributed by atoms with Gasteiger partial charge in [0.05, 0.1) is 0 Å². The molecule has 2 heteroatoms. The van der Waals surface area contributed by atoms with E-state index in [0.29, 0.717) is 0 Å². The normalized spacial score (nSPS) is 10.8. The van der Waals surface area contributed by atoms with Crippen molar-refractivity contribution >= 4 is 22.5 Å². The van der Waals surface area contributed by atoms with Crippen LogP contribution in [0, 0.1) is 6.92 Å². The highest BCUT2D eigenvalue weighted by Gasteiger charge is 2.10. The molecular formula is C12H13ClN+. The molecule has 0 amide bonds. The maximum atomic E-state index is 5.99. The zero-order valence-corrected chi connectivity index (χ0v) is 9.17. The smallest absolute Gasteiger partial charge is 0.196 e. The summed E-state index contributed by atoms with van der Waals surface area (Å²) in [7, 11) is 0. The molecule has 72 valence electrons. The second-order valence-corrected chi connectivity index (χ2v) is 3.86. The number of nitrogens with zero attached hydrogens (tertiary/aromatic N) is 1. The first-order valence-corrected chi connectivity index (χ1v) is 5.19. The molecule has 0 aliphatic rings. The first kappa shape index (κ1) is 9.47. The van der Waals surface area contributed by atoms with Crippen LogP contribution in [0.5, 0.6) is 0 Å². The Bertz CT molecular complexity index is 472. The van der Waals surface area contributed by atoms with Crippen LogP contribution in [0.25, 0.3) is 10.9 Å². The molecule has 0 saturated heterocycles. The molecule has 0 N–H and O–H groups in total. The summed E-state index contributed by atoms with van der Waals surface area (Å²) in [5.74, 6) is 0. The molecule has 0 saturated carbocycles. The first-order chi connectivity index (χ1) is 6.72. The van der Waals surface area contributed by atoms with E-state index in [2.05, 4.69) is 36.6 Å². The van der Waals surface area contributed by atoms with E-state index in [1.807, 2.05) is 12.1 Å². The van der Waals surface area contributed by atoms with E-state index >= 15 is 0 Å². The highest BCUT2D eigenvalue weighted by Crippen LogP contribution is 2.16. The number of aryl methyl sites for hydroxylation is 2. The molecule has 2 rings (SSSR count). The Labute approximate surface area is 88.9 Å². The quantitative estimate of drug-likeness (QED) is 0.632. The summed E-state index contributed by atoms with van der Waals surface area (Å²) in [6.07, 6.45) is 0. The average Bonchev–Trinajstić information content (AvgIpc) is 2.17. The highest BCUT2D eigenvalue weighted by atomic mass is 35.5. The lowest BCUT2D eigenvalue weighted by Gasteiger charge is -2.02. The third-order valence-electron chi connectivity index (χ3n) is 2.53. The summed E-state index contributed by atoms with van der Waals surface area (Å²) < 4.78 is 2.27. The SMILES string of the molecule is CC[n+]1c(C)ccc2ccc(Cl)cc21. The number of halogens is 1. The van der Waals surface area contributed by atoms with Crippen LogP contribution in [0.3, 0.4) is 0 Å². The molecule has 1 heterocycles. The van der Waals surface area contributed by atoms with Crippen LogP contribution in [0.15, 0.2) is 30.3 Å². The predicted octanol–water partition coefficient (Wildman–Crippen LogP) is 3.11. The third-order valence-corrected chi connectivity index (χ3v) is 2.76. The van der Waals surface area contributed by atoms with Crippen molar-refractivity contribution in [3.8, 4) is 0 Å². The fraction of sp³-hybridized carbons (Fsp3) is 0.250. The molecular weight excluding hydrogens is 194 g/mol. The van der Waals surface area contributed by atoms with Crippen molar-refractivity contribution in [2.45, 2.75) is 20.4 Å². The lowest BCUT2D eigenvalue weighted by atomic mass is 10.2. The van der Waals surface area contributed by atoms with Gasteiger partial charge in [0.2, 0.25) is 5.52 Å². The number of benzene rings is 1. The summed E-state index contributed by atoms with van der Waals surface area (Å²) in [6.45, 7) is 5.24. The summed E-state index contributed by atoms with van der Waals surface area (Å²) in [4.78, 5) is 0. The molecule has 0 atom stereocenters. The van der Waals surface area contributed by atoms with Crippen molar-refractivity contribution in [3.05, 3.63) is 41.0 Å². The monoisotopic (exact) mass is 206 g/mol. The second kappa shape index (κ2) is 3.58. The van der Waals surface area contributed by atoms with Gasteiger partial charge in [-0.15, -0.1) is 0 Å². The minimum absolute atomic E-state index is 0.797. The van der Waals surface area contributed by atoms with Crippen molar-refractivity contribution < 1.29 is 4.57 Å². The molecule has 2 aromatic rings. The van der Waals surface area contributed by atoms with Gasteiger partial charge in [-0.25, -0.2) is 0 Å². The van der Waals surface area contributed by atoms with Crippen molar-refractivity contribution in [2.75, 3.05) is 0 Å². The van der Waals surface area contributed by atoms with Gasteiger partial charge < -0.3 is 0 Å². The topological polar surface area (TPSA) is 3.88 Å². The maximum Gasteiger partial charge on any atom is 0.214 e. The van der Waals surface area contributed by atoms with Crippen molar-refractivity contribution in [1.82, 2.24) is 0 Å². The van der Waals surface area contributed by atoms with Gasteiger partial charge in [-0.05, 0) is 25.1 Å². The van der Waals surface area contributed by atoms with Gasteiger partial charge in [-0.3, -0.25) is 0 Å². The summed E-state index contributed by atoms with van der Waals surface area (Å²) in [5, 5.41) is 2.03. The molecule has 0 aliphatic heterocycles. The number of rotatable bonds is 1. The molecule has 0 unspecified atom stereocenters. The van der Waals surface area contributed by atoms with Gasteiger partial charge in [0.1, 0.15) is 6.54 Å². The number of pyridine rings is 1. The molecule has 0 aliphatic carbocycles. The standard InChI is InChI=1S/C12H13ClN/c1-3-14-9(2)4-5-10-6-7-11(13)8-12(10)14/h4-8H,3H2,1-2H3/q+1. The molecule has 14 heavy (non-hydrogen) atoms. The van der Waals surface area contributed by atoms with E-state index in [-0.39, 0.29) is 0 Å². The predicted molar refractivity (Wildman–Crippen MR) is 59.6 cm³/mol. The lowest BCUT2D eigenvalue weighted by Crippen LogP contribution is -2.36. The molecule has 1 aromatic carbocycles. The van der Waals surface area contributed by atoms with Crippen LogP contribution in [-0.4, -0.2) is 0 Å². The zero-order valence-electron chi connectivity index (χ0n) is 8.42. The first-order valence-electron chi connectivity index (χ1n) is 4.81. The largest absolute Gasteiger partial charge is 0.214 e. The van der Waals surface area contributed by atoms with Gasteiger partial charge in [0.15, 0.2) is 5.69 Å². The second-order valence-electron chi connectivity index (χ2n) is 3.42. The van der Waals surface area contributed by atoms with Gasteiger partial charge >= 0.3 is 0 Å². The van der Waals surface area contributed by atoms with Gasteiger partial charge in [0.25, 0.3) is 0 Å². The number of aromatic nitrogens is 1. The molecule has 0 bridgehead atoms. The summed E-state index contributed by atoms with van der Waals surface area (Å²) >= 11 is 5.99.